The van der Waals surface area contributed by atoms with Gasteiger partial charge in [0.25, 0.3) is 0 Å². The van der Waals surface area contributed by atoms with Gasteiger partial charge in [-0.3, -0.25) is 0 Å². The predicted molar refractivity (Wildman–Crippen MR) is 134 cm³/mol. The van der Waals surface area contributed by atoms with Crippen molar-refractivity contribution < 1.29 is 0 Å². The SMILES string of the molecule is CCCC[C@H](CC)C[Si](C[C@@H](CC)CCCC)(c1ccccc1)c1ccccc1. The lowest BCUT2D eigenvalue weighted by Gasteiger charge is -2.39. The van der Waals surface area contributed by atoms with Crippen LogP contribution < -0.4 is 10.4 Å². The molecule has 0 amide bonds. The van der Waals surface area contributed by atoms with E-state index in [2.05, 4.69) is 88.4 Å². The Balaban J connectivity index is 2.52. The average molecular weight is 409 g/mol. The van der Waals surface area contributed by atoms with E-state index in [4.69, 9.17) is 0 Å². The van der Waals surface area contributed by atoms with E-state index in [-0.39, 0.29) is 0 Å². The zero-order chi connectivity index (χ0) is 21.0. The molecular weight excluding hydrogens is 364 g/mol. The Kier molecular flexibility index (Phi) is 10.8. The zero-order valence-corrected chi connectivity index (χ0v) is 20.5. The van der Waals surface area contributed by atoms with E-state index in [1.807, 2.05) is 0 Å². The third-order valence-corrected chi connectivity index (χ3v) is 12.4. The van der Waals surface area contributed by atoms with Crippen molar-refractivity contribution in [3.8, 4) is 0 Å². The van der Waals surface area contributed by atoms with Crippen molar-refractivity contribution in [1.29, 1.82) is 0 Å². The van der Waals surface area contributed by atoms with Crippen LogP contribution in [0.15, 0.2) is 60.7 Å². The molecule has 0 spiro atoms. The van der Waals surface area contributed by atoms with Crippen molar-refractivity contribution in [2.24, 2.45) is 11.8 Å². The number of unbranched alkanes of at least 4 members (excludes halogenated alkanes) is 2. The average Bonchev–Trinajstić information content (AvgIpc) is 2.79. The van der Waals surface area contributed by atoms with Gasteiger partial charge < -0.3 is 0 Å². The molecule has 0 aliphatic heterocycles. The number of hydrogen-bond donors (Lipinski definition) is 0. The van der Waals surface area contributed by atoms with Gasteiger partial charge in [0.2, 0.25) is 0 Å². The van der Waals surface area contributed by atoms with Crippen molar-refractivity contribution in [2.75, 3.05) is 0 Å². The number of rotatable bonds is 14. The minimum absolute atomic E-state index is 0.853. The second-order valence-corrected chi connectivity index (χ2v) is 13.2. The van der Waals surface area contributed by atoms with E-state index in [1.165, 1.54) is 63.5 Å². The van der Waals surface area contributed by atoms with Crippen LogP contribution in [0, 0.1) is 11.8 Å². The molecule has 0 aliphatic rings. The molecule has 2 aromatic carbocycles. The molecular formula is C28H44Si. The maximum Gasteiger partial charge on any atom is 0.118 e. The topological polar surface area (TPSA) is 0 Å². The summed E-state index contributed by atoms with van der Waals surface area (Å²) in [6.45, 7) is 9.51. The summed E-state index contributed by atoms with van der Waals surface area (Å²) in [5, 5.41) is 3.33. The van der Waals surface area contributed by atoms with Gasteiger partial charge in [-0.25, -0.2) is 0 Å². The van der Waals surface area contributed by atoms with Gasteiger partial charge in [-0.1, -0.05) is 150 Å². The molecule has 2 aromatic rings. The van der Waals surface area contributed by atoms with Gasteiger partial charge in [0.05, 0.1) is 0 Å². The van der Waals surface area contributed by atoms with Crippen molar-refractivity contribution in [1.82, 2.24) is 0 Å². The monoisotopic (exact) mass is 408 g/mol. The molecule has 160 valence electrons. The fourth-order valence-corrected chi connectivity index (χ4v) is 11.2. The van der Waals surface area contributed by atoms with Gasteiger partial charge in [-0.2, -0.15) is 0 Å². The molecule has 0 fully saturated rings. The zero-order valence-electron chi connectivity index (χ0n) is 19.5. The molecule has 29 heavy (non-hydrogen) atoms. The fourth-order valence-electron chi connectivity index (χ4n) is 5.11. The van der Waals surface area contributed by atoms with Gasteiger partial charge in [-0.15, -0.1) is 0 Å². The third kappa shape index (κ3) is 6.85. The normalized spacial score (nSPS) is 13.9. The Morgan fingerprint density at radius 1 is 0.586 bits per heavy atom. The highest BCUT2D eigenvalue weighted by molar-refractivity contribution is 7.02. The lowest BCUT2D eigenvalue weighted by molar-refractivity contribution is 0.469. The molecule has 0 bridgehead atoms. The van der Waals surface area contributed by atoms with Crippen LogP contribution in [0.1, 0.15) is 79.1 Å². The van der Waals surface area contributed by atoms with Crippen molar-refractivity contribution in [3.63, 3.8) is 0 Å². The molecule has 1 heteroatoms. The Morgan fingerprint density at radius 2 is 0.966 bits per heavy atom. The molecule has 0 N–H and O–H groups in total. The van der Waals surface area contributed by atoms with Crippen LogP contribution in [0.3, 0.4) is 0 Å². The molecule has 2 atom stereocenters. The van der Waals surface area contributed by atoms with Crippen LogP contribution in [0.5, 0.6) is 0 Å². The molecule has 0 aliphatic carbocycles. The van der Waals surface area contributed by atoms with E-state index in [1.54, 1.807) is 10.4 Å². The van der Waals surface area contributed by atoms with Crippen LogP contribution in [0.25, 0.3) is 0 Å². The second-order valence-electron chi connectivity index (χ2n) is 9.06. The Labute approximate surface area is 182 Å². The lowest BCUT2D eigenvalue weighted by Crippen LogP contribution is -2.60. The minimum atomic E-state index is -1.82. The fraction of sp³-hybridized carbons (Fsp3) is 0.571. The van der Waals surface area contributed by atoms with E-state index < -0.39 is 8.07 Å². The summed E-state index contributed by atoms with van der Waals surface area (Å²) in [4.78, 5) is 0. The first-order chi connectivity index (χ1) is 14.2. The lowest BCUT2D eigenvalue weighted by atomic mass is 10.0. The van der Waals surface area contributed by atoms with Gasteiger partial charge >= 0.3 is 0 Å². The molecule has 2 rings (SSSR count). The summed E-state index contributed by atoms with van der Waals surface area (Å²) in [5.74, 6) is 1.71. The van der Waals surface area contributed by atoms with Gasteiger partial charge in [-0.05, 0) is 23.9 Å². The van der Waals surface area contributed by atoms with E-state index in [9.17, 15) is 0 Å². The second kappa shape index (κ2) is 13.1. The molecule has 0 saturated heterocycles. The molecule has 0 saturated carbocycles. The quantitative estimate of drug-likeness (QED) is 0.281. The summed E-state index contributed by atoms with van der Waals surface area (Å²) >= 11 is 0. The summed E-state index contributed by atoms with van der Waals surface area (Å²) < 4.78 is 0. The first-order valence-corrected chi connectivity index (χ1v) is 14.7. The first kappa shape index (κ1) is 23.9. The van der Waals surface area contributed by atoms with Crippen LogP contribution in [0.2, 0.25) is 12.1 Å². The minimum Gasteiger partial charge on any atom is -0.0654 e. The molecule has 0 aromatic heterocycles. The van der Waals surface area contributed by atoms with Gasteiger partial charge in [0.1, 0.15) is 8.07 Å². The van der Waals surface area contributed by atoms with E-state index in [0.29, 0.717) is 0 Å². The maximum atomic E-state index is 2.46. The summed E-state index contributed by atoms with van der Waals surface area (Å²) in [6.07, 6.45) is 10.8. The molecule has 0 radical (unpaired) electrons. The Bertz CT molecular complexity index is 589. The number of benzene rings is 2. The standard InChI is InChI=1S/C28H44Si/c1-5-9-17-25(7-3)23-29(27-19-13-11-14-20-27,28-21-15-12-16-22-28)24-26(8-4)18-10-6-2/h11-16,19-22,25-26H,5-10,17-18,23-24H2,1-4H3/t25-,26-/m0/s1. The van der Waals surface area contributed by atoms with Crippen LogP contribution >= 0.6 is 0 Å². The van der Waals surface area contributed by atoms with Crippen molar-refractivity contribution in [3.05, 3.63) is 60.7 Å². The van der Waals surface area contributed by atoms with Crippen LogP contribution in [0.4, 0.5) is 0 Å². The first-order valence-electron chi connectivity index (χ1n) is 12.3. The highest BCUT2D eigenvalue weighted by Crippen LogP contribution is 2.32. The molecule has 0 nitrogen and oxygen atoms in total. The predicted octanol–water partition coefficient (Wildman–Crippen LogP) is 7.68. The van der Waals surface area contributed by atoms with Gasteiger partial charge in [0.15, 0.2) is 0 Å². The van der Waals surface area contributed by atoms with Crippen LogP contribution in [-0.4, -0.2) is 8.07 Å². The van der Waals surface area contributed by atoms with E-state index in [0.717, 1.165) is 11.8 Å². The maximum absolute atomic E-state index is 2.46. The highest BCUT2D eigenvalue weighted by Gasteiger charge is 2.40. The van der Waals surface area contributed by atoms with Gasteiger partial charge in [0, 0.05) is 0 Å². The summed E-state index contributed by atoms with van der Waals surface area (Å²) in [6, 6.07) is 26.2. The number of hydrogen-bond acceptors (Lipinski definition) is 0. The third-order valence-electron chi connectivity index (χ3n) is 7.01. The largest absolute Gasteiger partial charge is 0.118 e. The molecule has 0 unspecified atom stereocenters. The van der Waals surface area contributed by atoms with Crippen molar-refractivity contribution in [2.45, 2.75) is 91.1 Å². The smallest absolute Gasteiger partial charge is 0.0654 e. The summed E-state index contributed by atoms with van der Waals surface area (Å²) in [5.41, 5.74) is 0. The molecule has 0 heterocycles. The van der Waals surface area contributed by atoms with Crippen molar-refractivity contribution >= 4 is 18.4 Å². The highest BCUT2D eigenvalue weighted by atomic mass is 28.3. The Morgan fingerprint density at radius 3 is 1.28 bits per heavy atom. The Hall–Kier alpha value is -1.34. The van der Waals surface area contributed by atoms with Crippen LogP contribution in [-0.2, 0) is 0 Å². The van der Waals surface area contributed by atoms with E-state index >= 15 is 0 Å². The summed E-state index contributed by atoms with van der Waals surface area (Å²) in [7, 11) is -1.82.